The average molecular weight is 601 g/mol. The van der Waals surface area contributed by atoms with Crippen molar-refractivity contribution in [2.75, 3.05) is 13.1 Å². The third-order valence-corrected chi connectivity index (χ3v) is 6.68. The minimum atomic E-state index is -1.95. The highest BCUT2D eigenvalue weighted by molar-refractivity contribution is 7.80. The predicted molar refractivity (Wildman–Crippen MR) is 155 cm³/mol. The topological polar surface area (TPSA) is 126 Å². The van der Waals surface area contributed by atoms with Gasteiger partial charge in [0.15, 0.2) is 0 Å². The summed E-state index contributed by atoms with van der Waals surface area (Å²) in [7, 11) is 0. The molecule has 0 aromatic heterocycles. The molecule has 0 fully saturated rings. The molecule has 0 heterocycles. The first-order valence-electron chi connectivity index (χ1n) is 13.2. The second-order valence-electron chi connectivity index (χ2n) is 10.6. The number of hydrogen-bond donors (Lipinski definition) is 4. The predicted octanol–water partition coefficient (Wildman–Crippen LogP) is 3.70. The van der Waals surface area contributed by atoms with Crippen molar-refractivity contribution in [3.05, 3.63) is 89.5 Å². The Kier molecular flexibility index (Phi) is 11.4. The van der Waals surface area contributed by atoms with E-state index in [9.17, 15) is 27.4 Å². The number of hydroxylamine groups is 1. The van der Waals surface area contributed by atoms with Crippen LogP contribution in [0.15, 0.2) is 71.6 Å². The summed E-state index contributed by atoms with van der Waals surface area (Å²) in [5.41, 5.74) is 3.54. The van der Waals surface area contributed by atoms with E-state index < -0.39 is 52.0 Å². The third-order valence-electron chi connectivity index (χ3n) is 5.78. The van der Waals surface area contributed by atoms with Gasteiger partial charge in [-0.3, -0.25) is 14.4 Å². The third kappa shape index (κ3) is 10.1. The Bertz CT molecular complexity index is 1440. The van der Waals surface area contributed by atoms with Gasteiger partial charge in [-0.1, -0.05) is 35.9 Å². The van der Waals surface area contributed by atoms with Crippen LogP contribution in [0.3, 0.4) is 0 Å². The van der Waals surface area contributed by atoms with Gasteiger partial charge in [-0.25, -0.2) is 13.0 Å². The number of halogens is 2. The van der Waals surface area contributed by atoms with Crippen LogP contribution in [0.25, 0.3) is 11.1 Å². The van der Waals surface area contributed by atoms with Gasteiger partial charge < -0.3 is 16.0 Å². The highest BCUT2D eigenvalue weighted by Crippen LogP contribution is 2.23. The Labute approximate surface area is 246 Å². The summed E-state index contributed by atoms with van der Waals surface area (Å²) in [5, 5.41) is 7.85. The fourth-order valence-electron chi connectivity index (χ4n) is 3.77. The molecule has 4 N–H and O–H groups in total. The number of rotatable bonds is 12. The van der Waals surface area contributed by atoms with E-state index in [0.29, 0.717) is 16.0 Å². The fourth-order valence-corrected chi connectivity index (χ4v) is 4.43. The molecule has 0 radical (unpaired) electrons. The van der Waals surface area contributed by atoms with E-state index in [-0.39, 0.29) is 25.1 Å². The highest BCUT2D eigenvalue weighted by atomic mass is 32.2. The SMILES string of the molecule is Cc1ccc(S(=O)ON[C@@H](CC(=O)NC(C)(C)C)C(=O)NCCNC(=O)c2cc(-c3cccc(F)c3)ccc2F)cc1. The van der Waals surface area contributed by atoms with Gasteiger partial charge in [0.05, 0.1) is 16.9 Å². The van der Waals surface area contributed by atoms with Crippen LogP contribution in [-0.4, -0.2) is 46.6 Å². The second-order valence-corrected chi connectivity index (χ2v) is 11.7. The number of carbonyl (C=O) groups excluding carboxylic acids is 3. The Morgan fingerprint density at radius 2 is 1.57 bits per heavy atom. The van der Waals surface area contributed by atoms with Gasteiger partial charge in [-0.05, 0) is 75.2 Å². The van der Waals surface area contributed by atoms with Crippen LogP contribution in [0.1, 0.15) is 43.1 Å². The Balaban J connectivity index is 1.58. The van der Waals surface area contributed by atoms with E-state index in [4.69, 9.17) is 4.28 Å². The summed E-state index contributed by atoms with van der Waals surface area (Å²) in [5.74, 6) is -3.04. The second kappa shape index (κ2) is 14.8. The molecule has 2 atom stereocenters. The van der Waals surface area contributed by atoms with E-state index in [1.807, 2.05) is 6.92 Å². The van der Waals surface area contributed by atoms with Crippen molar-refractivity contribution in [2.45, 2.75) is 50.6 Å². The lowest BCUT2D eigenvalue weighted by atomic mass is 10.0. The normalized spacial score (nSPS) is 12.7. The first kappa shape index (κ1) is 32.5. The molecule has 224 valence electrons. The lowest BCUT2D eigenvalue weighted by molar-refractivity contribution is -0.131. The zero-order chi connectivity index (χ0) is 30.9. The number of benzene rings is 3. The van der Waals surface area contributed by atoms with Crippen LogP contribution in [0.2, 0.25) is 0 Å². The molecule has 0 aliphatic heterocycles. The monoisotopic (exact) mass is 600 g/mol. The van der Waals surface area contributed by atoms with Crippen LogP contribution >= 0.6 is 0 Å². The molecule has 0 saturated carbocycles. The quantitative estimate of drug-likeness (QED) is 0.186. The summed E-state index contributed by atoms with van der Waals surface area (Å²) in [6, 6.07) is 15.1. The van der Waals surface area contributed by atoms with Gasteiger partial charge in [0, 0.05) is 18.6 Å². The fraction of sp³-hybridized carbons (Fsp3) is 0.300. The maximum absolute atomic E-state index is 14.4. The molecule has 9 nitrogen and oxygen atoms in total. The van der Waals surface area contributed by atoms with Crippen molar-refractivity contribution >= 4 is 28.8 Å². The molecular formula is C30H34F2N4O5S. The molecule has 3 amide bonds. The first-order valence-corrected chi connectivity index (χ1v) is 14.2. The van der Waals surface area contributed by atoms with E-state index >= 15 is 0 Å². The Hall–Kier alpha value is -4.00. The summed E-state index contributed by atoms with van der Waals surface area (Å²) < 4.78 is 45.7. The smallest absolute Gasteiger partial charge is 0.254 e. The number of amides is 3. The number of aryl methyl sites for hydroxylation is 1. The van der Waals surface area contributed by atoms with Crippen molar-refractivity contribution in [1.82, 2.24) is 21.4 Å². The summed E-state index contributed by atoms with van der Waals surface area (Å²) in [6.07, 6.45) is -0.321. The molecule has 3 aromatic rings. The molecule has 0 aliphatic rings. The molecule has 0 spiro atoms. The Morgan fingerprint density at radius 1 is 0.905 bits per heavy atom. The number of hydrogen-bond acceptors (Lipinski definition) is 6. The minimum absolute atomic E-state index is 0.0596. The van der Waals surface area contributed by atoms with Crippen molar-refractivity contribution in [2.24, 2.45) is 0 Å². The summed E-state index contributed by atoms with van der Waals surface area (Å²) in [6.45, 7) is 7.12. The van der Waals surface area contributed by atoms with Gasteiger partial charge >= 0.3 is 0 Å². The van der Waals surface area contributed by atoms with Crippen molar-refractivity contribution in [1.29, 1.82) is 0 Å². The van der Waals surface area contributed by atoms with Crippen molar-refractivity contribution in [3.63, 3.8) is 0 Å². The van der Waals surface area contributed by atoms with Gasteiger partial charge in [-0.15, -0.1) is 0 Å². The largest absolute Gasteiger partial charge is 0.353 e. The molecule has 1 unspecified atom stereocenters. The average Bonchev–Trinajstić information content (AvgIpc) is 2.92. The van der Waals surface area contributed by atoms with Gasteiger partial charge in [0.2, 0.25) is 22.9 Å². The lowest BCUT2D eigenvalue weighted by Gasteiger charge is -2.23. The van der Waals surface area contributed by atoms with Crippen LogP contribution in [0.4, 0.5) is 8.78 Å². The number of nitrogens with one attached hydrogen (secondary N) is 4. The van der Waals surface area contributed by atoms with Gasteiger partial charge in [-0.2, -0.15) is 9.76 Å². The minimum Gasteiger partial charge on any atom is -0.353 e. The molecule has 3 rings (SSSR count). The number of carbonyl (C=O) groups is 3. The molecule has 42 heavy (non-hydrogen) atoms. The molecule has 0 saturated heterocycles. The van der Waals surface area contributed by atoms with Crippen molar-refractivity contribution in [3.8, 4) is 11.1 Å². The van der Waals surface area contributed by atoms with E-state index in [1.165, 1.54) is 30.3 Å². The standard InChI is InChI=1S/C30H34F2N4O5S/c1-19-8-11-23(12-9-19)42(40)41-36-26(18-27(37)35-30(2,3)4)29(39)34-15-14-33-28(38)24-17-21(10-13-25(24)32)20-6-5-7-22(31)16-20/h5-13,16-17,26,36H,14-15,18H2,1-4H3,(H,33,38)(H,34,39)(H,35,37)/t26-,42?/m0/s1. The van der Waals surface area contributed by atoms with E-state index in [1.54, 1.807) is 51.1 Å². The van der Waals surface area contributed by atoms with Crippen LogP contribution in [0.5, 0.6) is 0 Å². The van der Waals surface area contributed by atoms with Gasteiger partial charge in [0.1, 0.15) is 17.7 Å². The van der Waals surface area contributed by atoms with Crippen LogP contribution < -0.4 is 21.4 Å². The maximum Gasteiger partial charge on any atom is 0.254 e. The molecule has 0 aliphatic carbocycles. The van der Waals surface area contributed by atoms with E-state index in [0.717, 1.165) is 11.6 Å². The van der Waals surface area contributed by atoms with E-state index in [2.05, 4.69) is 21.4 Å². The maximum atomic E-state index is 14.4. The molecule has 12 heteroatoms. The molecular weight excluding hydrogens is 566 g/mol. The summed E-state index contributed by atoms with van der Waals surface area (Å²) in [4.78, 5) is 38.4. The van der Waals surface area contributed by atoms with Crippen molar-refractivity contribution < 1.29 is 31.7 Å². The van der Waals surface area contributed by atoms with Gasteiger partial charge in [0.25, 0.3) is 5.91 Å². The zero-order valence-electron chi connectivity index (χ0n) is 23.8. The molecule has 3 aromatic carbocycles. The molecule has 0 bridgehead atoms. The first-order chi connectivity index (χ1) is 19.8. The highest BCUT2D eigenvalue weighted by Gasteiger charge is 2.25. The van der Waals surface area contributed by atoms with Crippen LogP contribution in [-0.2, 0) is 25.0 Å². The summed E-state index contributed by atoms with van der Waals surface area (Å²) >= 11 is -1.95. The Morgan fingerprint density at radius 3 is 2.24 bits per heavy atom. The lowest BCUT2D eigenvalue weighted by Crippen LogP contribution is -2.50. The zero-order valence-corrected chi connectivity index (χ0v) is 24.6. The van der Waals surface area contributed by atoms with Crippen LogP contribution in [0, 0.1) is 18.6 Å².